The summed E-state index contributed by atoms with van der Waals surface area (Å²) in [5, 5.41) is 8.04. The Morgan fingerprint density at radius 1 is 1.27 bits per heavy atom. The lowest BCUT2D eigenvalue weighted by molar-refractivity contribution is 0.100. The summed E-state index contributed by atoms with van der Waals surface area (Å²) in [7, 11) is 0. The smallest absolute Gasteiger partial charge is 0.250 e. The first kappa shape index (κ1) is 16.7. The van der Waals surface area contributed by atoms with Crippen molar-refractivity contribution in [2.45, 2.75) is 18.5 Å². The molecule has 134 valence electrons. The minimum atomic E-state index is -0.917. The molecule has 0 saturated carbocycles. The SMILES string of the molecule is NC(=O)c1cccc2cn(-c3ccc([C@H]4CNC[C@H](F)C4)cc3F)nc12. The van der Waals surface area contributed by atoms with Crippen LogP contribution in [-0.4, -0.2) is 34.9 Å². The normalized spacial score (nSPS) is 20.4. The summed E-state index contributed by atoms with van der Waals surface area (Å²) in [6.45, 7) is 0.978. The van der Waals surface area contributed by atoms with E-state index in [0.29, 0.717) is 36.0 Å². The fourth-order valence-electron chi connectivity index (χ4n) is 3.47. The van der Waals surface area contributed by atoms with Gasteiger partial charge in [-0.25, -0.2) is 13.5 Å². The number of amides is 1. The molecule has 5 nitrogen and oxygen atoms in total. The van der Waals surface area contributed by atoms with Crippen LogP contribution in [0, 0.1) is 5.82 Å². The number of benzene rings is 2. The van der Waals surface area contributed by atoms with Crippen LogP contribution in [-0.2, 0) is 0 Å². The average Bonchev–Trinajstić information content (AvgIpc) is 3.05. The van der Waals surface area contributed by atoms with E-state index in [4.69, 9.17) is 5.73 Å². The summed E-state index contributed by atoms with van der Waals surface area (Å²) in [5.74, 6) is -1.08. The van der Waals surface area contributed by atoms with Crippen LogP contribution in [0.4, 0.5) is 8.78 Å². The number of fused-ring (bicyclic) bond motifs is 1. The summed E-state index contributed by atoms with van der Waals surface area (Å²) in [6.07, 6.45) is 1.12. The first-order valence-electron chi connectivity index (χ1n) is 8.45. The second-order valence-electron chi connectivity index (χ2n) is 6.58. The van der Waals surface area contributed by atoms with Crippen molar-refractivity contribution in [3.05, 3.63) is 59.5 Å². The van der Waals surface area contributed by atoms with Crippen LogP contribution in [0.3, 0.4) is 0 Å². The van der Waals surface area contributed by atoms with Crippen molar-refractivity contribution in [3.8, 4) is 5.69 Å². The van der Waals surface area contributed by atoms with E-state index in [9.17, 15) is 13.6 Å². The van der Waals surface area contributed by atoms with E-state index < -0.39 is 17.9 Å². The molecule has 7 heteroatoms. The standard InChI is InChI=1S/C19H18F2N4O/c20-14-6-13(8-23-9-14)11-4-5-17(16(21)7-11)25-10-12-2-1-3-15(19(22)26)18(12)24-25/h1-5,7,10,13-14,23H,6,8-9H2,(H2,22,26)/t13-,14-/m1/s1. The zero-order valence-corrected chi connectivity index (χ0v) is 14.0. The van der Waals surface area contributed by atoms with E-state index >= 15 is 0 Å². The zero-order chi connectivity index (χ0) is 18.3. The van der Waals surface area contributed by atoms with Gasteiger partial charge in [0.15, 0.2) is 0 Å². The van der Waals surface area contributed by atoms with Gasteiger partial charge in [-0.1, -0.05) is 18.2 Å². The van der Waals surface area contributed by atoms with Gasteiger partial charge in [-0.2, -0.15) is 5.10 Å². The molecule has 0 bridgehead atoms. The van der Waals surface area contributed by atoms with Crippen molar-refractivity contribution in [3.63, 3.8) is 0 Å². The van der Waals surface area contributed by atoms with Gasteiger partial charge in [-0.3, -0.25) is 4.79 Å². The van der Waals surface area contributed by atoms with Crippen molar-refractivity contribution in [1.29, 1.82) is 0 Å². The van der Waals surface area contributed by atoms with Gasteiger partial charge in [0.2, 0.25) is 0 Å². The lowest BCUT2D eigenvalue weighted by Crippen LogP contribution is -2.36. The minimum absolute atomic E-state index is 0.0551. The van der Waals surface area contributed by atoms with Crippen molar-refractivity contribution >= 4 is 16.8 Å². The molecule has 4 rings (SSSR count). The number of carbonyl (C=O) groups is 1. The third kappa shape index (κ3) is 2.94. The van der Waals surface area contributed by atoms with E-state index in [1.165, 1.54) is 10.7 Å². The van der Waals surface area contributed by atoms with Gasteiger partial charge in [-0.15, -0.1) is 0 Å². The Balaban J connectivity index is 1.71. The van der Waals surface area contributed by atoms with Crippen molar-refractivity contribution in [2.24, 2.45) is 5.73 Å². The van der Waals surface area contributed by atoms with Gasteiger partial charge in [0.05, 0.1) is 5.56 Å². The van der Waals surface area contributed by atoms with Crippen LogP contribution in [0.1, 0.15) is 28.3 Å². The number of alkyl halides is 1. The molecule has 0 spiro atoms. The van der Waals surface area contributed by atoms with E-state index in [-0.39, 0.29) is 11.6 Å². The predicted molar refractivity (Wildman–Crippen MR) is 94.7 cm³/mol. The second kappa shape index (κ2) is 6.49. The largest absolute Gasteiger partial charge is 0.366 e. The molecule has 1 saturated heterocycles. The number of halogens is 2. The van der Waals surface area contributed by atoms with Crippen molar-refractivity contribution < 1.29 is 13.6 Å². The minimum Gasteiger partial charge on any atom is -0.366 e. The molecule has 3 N–H and O–H groups in total. The number of nitrogens with two attached hydrogens (primary N) is 1. The number of primary amides is 1. The van der Waals surface area contributed by atoms with Crippen LogP contribution in [0.15, 0.2) is 42.6 Å². The Kier molecular flexibility index (Phi) is 4.16. The Morgan fingerprint density at radius 3 is 2.85 bits per heavy atom. The highest BCUT2D eigenvalue weighted by molar-refractivity contribution is 6.04. The second-order valence-corrected chi connectivity index (χ2v) is 6.58. The molecule has 2 atom stereocenters. The van der Waals surface area contributed by atoms with E-state index in [2.05, 4.69) is 10.4 Å². The fraction of sp³-hybridized carbons (Fsp3) is 0.263. The molecule has 0 unspecified atom stereocenters. The summed E-state index contributed by atoms with van der Waals surface area (Å²) >= 11 is 0. The summed E-state index contributed by atoms with van der Waals surface area (Å²) < 4.78 is 29.7. The first-order chi connectivity index (χ1) is 12.5. The summed E-state index contributed by atoms with van der Waals surface area (Å²) in [6, 6.07) is 9.93. The molecule has 26 heavy (non-hydrogen) atoms. The van der Waals surface area contributed by atoms with Crippen LogP contribution in [0.5, 0.6) is 0 Å². The van der Waals surface area contributed by atoms with Crippen LogP contribution in [0.2, 0.25) is 0 Å². The maximum atomic E-state index is 14.7. The first-order valence-corrected chi connectivity index (χ1v) is 8.45. The van der Waals surface area contributed by atoms with Crippen LogP contribution >= 0.6 is 0 Å². The van der Waals surface area contributed by atoms with Gasteiger partial charge in [-0.05, 0) is 36.1 Å². The Labute approximate surface area is 148 Å². The molecule has 1 aliphatic heterocycles. The number of nitrogens with zero attached hydrogens (tertiary/aromatic N) is 2. The third-order valence-electron chi connectivity index (χ3n) is 4.79. The lowest BCUT2D eigenvalue weighted by Gasteiger charge is -2.26. The molecule has 2 aromatic carbocycles. The number of nitrogens with one attached hydrogen (secondary N) is 1. The van der Waals surface area contributed by atoms with Crippen LogP contribution < -0.4 is 11.1 Å². The van der Waals surface area contributed by atoms with E-state index in [1.807, 2.05) is 0 Å². The molecule has 3 aromatic rings. The predicted octanol–water partition coefficient (Wildman–Crippen LogP) is 2.68. The quantitative estimate of drug-likeness (QED) is 0.758. The Bertz CT molecular complexity index is 985. The van der Waals surface area contributed by atoms with Gasteiger partial charge in [0.1, 0.15) is 23.2 Å². The highest BCUT2D eigenvalue weighted by atomic mass is 19.1. The molecule has 2 heterocycles. The average molecular weight is 356 g/mol. The maximum Gasteiger partial charge on any atom is 0.250 e. The Hall–Kier alpha value is -2.80. The topological polar surface area (TPSA) is 72.9 Å². The number of hydrogen-bond donors (Lipinski definition) is 2. The van der Waals surface area contributed by atoms with Crippen LogP contribution in [0.25, 0.3) is 16.6 Å². The zero-order valence-electron chi connectivity index (χ0n) is 14.0. The molecule has 1 fully saturated rings. The number of carbonyl (C=O) groups excluding carboxylic acids is 1. The number of piperidine rings is 1. The number of aromatic nitrogens is 2. The van der Waals surface area contributed by atoms with E-state index in [0.717, 1.165) is 5.56 Å². The number of hydrogen-bond acceptors (Lipinski definition) is 3. The third-order valence-corrected chi connectivity index (χ3v) is 4.79. The highest BCUT2D eigenvalue weighted by Crippen LogP contribution is 2.28. The summed E-state index contributed by atoms with van der Waals surface area (Å²) in [5.41, 5.74) is 7.12. The molecule has 0 radical (unpaired) electrons. The van der Waals surface area contributed by atoms with Gasteiger partial charge < -0.3 is 11.1 Å². The molecule has 0 aliphatic carbocycles. The van der Waals surface area contributed by atoms with Gasteiger partial charge in [0, 0.05) is 24.7 Å². The van der Waals surface area contributed by atoms with E-state index in [1.54, 1.807) is 36.5 Å². The fourth-order valence-corrected chi connectivity index (χ4v) is 3.47. The Morgan fingerprint density at radius 2 is 2.12 bits per heavy atom. The molecular formula is C19H18F2N4O. The molecule has 1 aliphatic rings. The van der Waals surface area contributed by atoms with Crippen molar-refractivity contribution in [1.82, 2.24) is 15.1 Å². The molecule has 1 amide bonds. The van der Waals surface area contributed by atoms with Gasteiger partial charge >= 0.3 is 0 Å². The van der Waals surface area contributed by atoms with Crippen molar-refractivity contribution in [2.75, 3.05) is 13.1 Å². The number of rotatable bonds is 3. The van der Waals surface area contributed by atoms with Gasteiger partial charge in [0.25, 0.3) is 5.91 Å². The maximum absolute atomic E-state index is 14.7. The monoisotopic (exact) mass is 356 g/mol. The molecule has 1 aromatic heterocycles. The highest BCUT2D eigenvalue weighted by Gasteiger charge is 2.23. The summed E-state index contributed by atoms with van der Waals surface area (Å²) in [4.78, 5) is 11.5. The molecular weight excluding hydrogens is 338 g/mol. The lowest BCUT2D eigenvalue weighted by atomic mass is 9.90.